The van der Waals surface area contributed by atoms with Gasteiger partial charge >= 0.3 is 0 Å². The summed E-state index contributed by atoms with van der Waals surface area (Å²) in [5.41, 5.74) is 2.20. The fraction of sp³-hybridized carbons (Fsp3) is 0.375. The molecule has 4 rings (SSSR count). The van der Waals surface area contributed by atoms with E-state index in [1.165, 1.54) is 12.1 Å². The van der Waals surface area contributed by atoms with Crippen molar-refractivity contribution < 1.29 is 23.8 Å². The zero-order chi connectivity index (χ0) is 25.5. The molecule has 1 amide bonds. The second-order valence-electron chi connectivity index (χ2n) is 8.20. The molecule has 0 saturated carbocycles. The number of halogens is 1. The molecular formula is C24H26FN7O4. The number of nitrogens with zero attached hydrogens (tertiary/aromatic N) is 4. The molecule has 1 aliphatic heterocycles. The van der Waals surface area contributed by atoms with Crippen LogP contribution in [0, 0.1) is 23.1 Å². The molecule has 0 spiro atoms. The van der Waals surface area contributed by atoms with Gasteiger partial charge < -0.3 is 30.2 Å². The Kier molecular flexibility index (Phi) is 7.84. The number of nitriles is 1. The SMILES string of the molecule is CC1(c2nc(-c3ccc(F)cc3)c(-c3ccnc(NCCO)n3)[nH]2)OCC(C(=O)NCCC#N)CO1. The Bertz CT molecular complexity index is 1230. The van der Waals surface area contributed by atoms with Crippen LogP contribution in [0.2, 0.25) is 0 Å². The van der Waals surface area contributed by atoms with Crippen LogP contribution in [0.5, 0.6) is 0 Å². The lowest BCUT2D eigenvalue weighted by atomic mass is 10.1. The predicted molar refractivity (Wildman–Crippen MR) is 127 cm³/mol. The summed E-state index contributed by atoms with van der Waals surface area (Å²) in [5.74, 6) is -1.75. The van der Waals surface area contributed by atoms with Crippen LogP contribution in [0.1, 0.15) is 19.2 Å². The van der Waals surface area contributed by atoms with Crippen LogP contribution in [0.25, 0.3) is 22.6 Å². The number of anilines is 1. The second kappa shape index (κ2) is 11.2. The third-order valence-electron chi connectivity index (χ3n) is 5.58. The number of carbonyl (C=O) groups is 1. The van der Waals surface area contributed by atoms with E-state index in [9.17, 15) is 9.18 Å². The first-order chi connectivity index (χ1) is 17.4. The van der Waals surface area contributed by atoms with E-state index in [2.05, 4.69) is 25.6 Å². The van der Waals surface area contributed by atoms with E-state index in [0.717, 1.165) is 0 Å². The van der Waals surface area contributed by atoms with E-state index >= 15 is 0 Å². The molecule has 2 aromatic heterocycles. The number of aromatic amines is 1. The maximum Gasteiger partial charge on any atom is 0.227 e. The van der Waals surface area contributed by atoms with Crippen molar-refractivity contribution in [3.63, 3.8) is 0 Å². The van der Waals surface area contributed by atoms with Crippen LogP contribution < -0.4 is 10.6 Å². The number of aliphatic hydroxyl groups excluding tert-OH is 1. The summed E-state index contributed by atoms with van der Waals surface area (Å²) in [7, 11) is 0. The zero-order valence-corrected chi connectivity index (χ0v) is 19.6. The average molecular weight is 496 g/mol. The van der Waals surface area contributed by atoms with E-state index in [1.54, 1.807) is 31.3 Å². The predicted octanol–water partition coefficient (Wildman–Crippen LogP) is 1.94. The summed E-state index contributed by atoms with van der Waals surface area (Å²) in [6.45, 7) is 2.36. The van der Waals surface area contributed by atoms with Crippen LogP contribution in [0.4, 0.5) is 10.3 Å². The van der Waals surface area contributed by atoms with Gasteiger partial charge in [0.15, 0.2) is 5.82 Å². The number of carbonyl (C=O) groups excluding carboxylic acids is 1. The summed E-state index contributed by atoms with van der Waals surface area (Å²) >= 11 is 0. The Balaban J connectivity index is 1.62. The van der Waals surface area contributed by atoms with Crippen molar-refractivity contribution in [1.29, 1.82) is 5.26 Å². The number of ether oxygens (including phenoxy) is 2. The Morgan fingerprint density at radius 3 is 2.69 bits per heavy atom. The molecule has 1 fully saturated rings. The zero-order valence-electron chi connectivity index (χ0n) is 19.6. The fourth-order valence-corrected chi connectivity index (χ4v) is 3.62. The fourth-order valence-electron chi connectivity index (χ4n) is 3.62. The van der Waals surface area contributed by atoms with Gasteiger partial charge in [0.25, 0.3) is 0 Å². The van der Waals surface area contributed by atoms with E-state index in [4.69, 9.17) is 24.8 Å². The van der Waals surface area contributed by atoms with Crippen molar-refractivity contribution in [3.05, 3.63) is 48.2 Å². The molecule has 0 atom stereocenters. The molecule has 0 bridgehead atoms. The van der Waals surface area contributed by atoms with Crippen LogP contribution in [-0.2, 0) is 20.1 Å². The minimum absolute atomic E-state index is 0.0764. The molecule has 1 aliphatic rings. The quantitative estimate of drug-likeness (QED) is 0.326. The third kappa shape index (κ3) is 5.65. The third-order valence-corrected chi connectivity index (χ3v) is 5.58. The molecule has 3 aromatic rings. The van der Waals surface area contributed by atoms with Gasteiger partial charge in [-0.15, -0.1) is 0 Å². The normalized spacial score (nSPS) is 19.4. The minimum atomic E-state index is -1.28. The molecule has 11 nitrogen and oxygen atoms in total. The molecular weight excluding hydrogens is 469 g/mol. The number of aromatic nitrogens is 4. The van der Waals surface area contributed by atoms with Crippen LogP contribution in [0.3, 0.4) is 0 Å². The average Bonchev–Trinajstić information content (AvgIpc) is 3.35. The Labute approximate surface area is 206 Å². The number of aliphatic hydroxyl groups is 1. The lowest BCUT2D eigenvalue weighted by Gasteiger charge is -2.35. The molecule has 4 N–H and O–H groups in total. The van der Waals surface area contributed by atoms with Gasteiger partial charge in [-0.1, -0.05) is 0 Å². The number of nitrogens with one attached hydrogen (secondary N) is 3. The number of H-pyrrole nitrogens is 1. The number of benzene rings is 1. The largest absolute Gasteiger partial charge is 0.395 e. The number of amides is 1. The van der Waals surface area contributed by atoms with Gasteiger partial charge in [-0.2, -0.15) is 5.26 Å². The highest BCUT2D eigenvalue weighted by Gasteiger charge is 2.40. The molecule has 0 aliphatic carbocycles. The van der Waals surface area contributed by atoms with Gasteiger partial charge in [-0.3, -0.25) is 4.79 Å². The highest BCUT2D eigenvalue weighted by atomic mass is 19.1. The van der Waals surface area contributed by atoms with Crippen LogP contribution in [0.15, 0.2) is 36.5 Å². The molecule has 1 aromatic carbocycles. The molecule has 188 valence electrons. The summed E-state index contributed by atoms with van der Waals surface area (Å²) < 4.78 is 25.5. The molecule has 12 heteroatoms. The van der Waals surface area contributed by atoms with Crippen molar-refractivity contribution in [2.45, 2.75) is 19.1 Å². The van der Waals surface area contributed by atoms with Crippen molar-refractivity contribution in [3.8, 4) is 28.7 Å². The monoisotopic (exact) mass is 495 g/mol. The van der Waals surface area contributed by atoms with Gasteiger partial charge in [-0.05, 0) is 37.3 Å². The van der Waals surface area contributed by atoms with Crippen LogP contribution in [-0.4, -0.2) is 63.9 Å². The first-order valence-electron chi connectivity index (χ1n) is 11.4. The molecule has 1 saturated heterocycles. The van der Waals surface area contributed by atoms with E-state index < -0.39 is 11.7 Å². The van der Waals surface area contributed by atoms with E-state index in [1.807, 2.05) is 6.07 Å². The summed E-state index contributed by atoms with van der Waals surface area (Å²) in [6, 6.07) is 9.57. The van der Waals surface area contributed by atoms with Gasteiger partial charge in [0.05, 0.1) is 55.3 Å². The smallest absolute Gasteiger partial charge is 0.227 e. The lowest BCUT2D eigenvalue weighted by Crippen LogP contribution is -2.46. The molecule has 36 heavy (non-hydrogen) atoms. The van der Waals surface area contributed by atoms with E-state index in [-0.39, 0.29) is 51.1 Å². The molecule has 0 radical (unpaired) electrons. The highest BCUT2D eigenvalue weighted by molar-refractivity contribution is 5.79. The summed E-state index contributed by atoms with van der Waals surface area (Å²) in [5, 5.41) is 23.3. The maximum absolute atomic E-state index is 13.6. The van der Waals surface area contributed by atoms with Crippen molar-refractivity contribution in [2.75, 3.05) is 38.2 Å². The number of hydrogen-bond donors (Lipinski definition) is 4. The lowest BCUT2D eigenvalue weighted by molar-refractivity contribution is -0.282. The van der Waals surface area contributed by atoms with Gasteiger partial charge in [0, 0.05) is 24.8 Å². The van der Waals surface area contributed by atoms with Crippen molar-refractivity contribution in [1.82, 2.24) is 25.3 Å². The Hall–Kier alpha value is -3.92. The standard InChI is InChI=1S/C24H26FN7O4/c1-24(35-13-16(14-36-24)21(34)27-9-2-8-26)22-31-19(15-3-5-17(25)6-4-15)20(32-22)18-7-10-28-23(30-18)29-11-12-33/h3-7,10,16,33H,2,9,11-14H2,1H3,(H,27,34)(H,31,32)(H,28,29,30). The maximum atomic E-state index is 13.6. The molecule has 0 unspecified atom stereocenters. The van der Waals surface area contributed by atoms with Crippen molar-refractivity contribution in [2.24, 2.45) is 5.92 Å². The Morgan fingerprint density at radius 2 is 2.00 bits per heavy atom. The van der Waals surface area contributed by atoms with Gasteiger partial charge in [0.2, 0.25) is 17.6 Å². The highest BCUT2D eigenvalue weighted by Crippen LogP contribution is 2.36. The topological polar surface area (TPSA) is 158 Å². The van der Waals surface area contributed by atoms with Gasteiger partial charge in [0.1, 0.15) is 5.82 Å². The molecule has 3 heterocycles. The first-order valence-corrected chi connectivity index (χ1v) is 11.4. The Morgan fingerprint density at radius 1 is 1.25 bits per heavy atom. The minimum Gasteiger partial charge on any atom is -0.395 e. The van der Waals surface area contributed by atoms with Crippen LogP contribution >= 0.6 is 0 Å². The summed E-state index contributed by atoms with van der Waals surface area (Å²) in [6.07, 6.45) is 1.79. The first kappa shape index (κ1) is 25.2. The van der Waals surface area contributed by atoms with E-state index in [0.29, 0.717) is 34.4 Å². The number of hydrogen-bond acceptors (Lipinski definition) is 9. The second-order valence-corrected chi connectivity index (χ2v) is 8.20. The number of rotatable bonds is 9. The van der Waals surface area contributed by atoms with Crippen molar-refractivity contribution >= 4 is 11.9 Å². The van der Waals surface area contributed by atoms with Gasteiger partial charge in [-0.25, -0.2) is 19.3 Å². The number of imidazole rings is 1. The summed E-state index contributed by atoms with van der Waals surface area (Å²) in [4.78, 5) is 28.9.